The van der Waals surface area contributed by atoms with E-state index in [1.807, 2.05) is 26.0 Å². The predicted octanol–water partition coefficient (Wildman–Crippen LogP) is 6.13. The molecule has 6 nitrogen and oxygen atoms in total. The molecular formula is C29H23ClN2O4S. The number of Topliss-reactive ketones (excluding diaryl/α,β-unsaturated/α-hetero) is 2. The highest BCUT2D eigenvalue weighted by Gasteiger charge is 2.42. The minimum Gasteiger partial charge on any atom is -0.422 e. The summed E-state index contributed by atoms with van der Waals surface area (Å²) < 4.78 is 5.32. The molecule has 0 amide bonds. The number of dihydropyridines is 1. The van der Waals surface area contributed by atoms with Crippen LogP contribution in [-0.2, 0) is 4.79 Å². The summed E-state index contributed by atoms with van der Waals surface area (Å²) in [6.45, 7) is 4.07. The molecule has 37 heavy (non-hydrogen) atoms. The van der Waals surface area contributed by atoms with Crippen LogP contribution in [0.4, 0.5) is 0 Å². The molecule has 0 saturated heterocycles. The van der Waals surface area contributed by atoms with Gasteiger partial charge in [0.1, 0.15) is 11.1 Å². The molecule has 1 unspecified atom stereocenters. The molecule has 1 aromatic heterocycles. The summed E-state index contributed by atoms with van der Waals surface area (Å²) in [4.78, 5) is 38.8. The van der Waals surface area contributed by atoms with Gasteiger partial charge in [-0.05, 0) is 41.7 Å². The van der Waals surface area contributed by atoms with E-state index in [2.05, 4.69) is 11.4 Å². The van der Waals surface area contributed by atoms with Gasteiger partial charge in [0.25, 0.3) is 0 Å². The number of allylic oxidation sites excluding steroid dienone is 3. The van der Waals surface area contributed by atoms with Crippen LogP contribution in [0.2, 0.25) is 5.02 Å². The largest absolute Gasteiger partial charge is 0.422 e. The minimum atomic E-state index is -0.695. The summed E-state index contributed by atoms with van der Waals surface area (Å²) in [6, 6.07) is 17.9. The van der Waals surface area contributed by atoms with E-state index in [1.165, 1.54) is 6.07 Å². The Morgan fingerprint density at radius 1 is 1.16 bits per heavy atom. The lowest BCUT2D eigenvalue weighted by atomic mass is 9.69. The molecular weight excluding hydrogens is 508 g/mol. The molecule has 8 heteroatoms. The molecule has 1 N–H and O–H groups in total. The van der Waals surface area contributed by atoms with Crippen molar-refractivity contribution in [2.75, 3.05) is 5.75 Å². The number of hydrogen-bond donors (Lipinski definition) is 1. The Hall–Kier alpha value is -3.60. The zero-order chi connectivity index (χ0) is 26.3. The van der Waals surface area contributed by atoms with Gasteiger partial charge >= 0.3 is 5.63 Å². The van der Waals surface area contributed by atoms with Crippen LogP contribution in [0.5, 0.6) is 0 Å². The highest BCUT2D eigenvalue weighted by Crippen LogP contribution is 2.48. The number of para-hydroxylation sites is 1. The van der Waals surface area contributed by atoms with Gasteiger partial charge in [-0.25, -0.2) is 4.79 Å². The Labute approximate surface area is 223 Å². The first-order valence-electron chi connectivity index (χ1n) is 11.8. The van der Waals surface area contributed by atoms with Gasteiger partial charge < -0.3 is 9.73 Å². The Kier molecular flexibility index (Phi) is 6.57. The number of ketones is 2. The van der Waals surface area contributed by atoms with Crippen molar-refractivity contribution < 1.29 is 14.0 Å². The van der Waals surface area contributed by atoms with Crippen LogP contribution >= 0.6 is 23.4 Å². The van der Waals surface area contributed by atoms with E-state index in [1.54, 1.807) is 36.4 Å². The molecule has 5 rings (SSSR count). The summed E-state index contributed by atoms with van der Waals surface area (Å²) in [5, 5.41) is 15.2. The quantitative estimate of drug-likeness (QED) is 0.313. The first-order chi connectivity index (χ1) is 17.7. The number of carbonyl (C=O) groups is 2. The molecule has 3 aromatic rings. The second kappa shape index (κ2) is 9.70. The van der Waals surface area contributed by atoms with Crippen molar-refractivity contribution in [1.29, 1.82) is 5.26 Å². The van der Waals surface area contributed by atoms with Crippen molar-refractivity contribution >= 4 is 45.9 Å². The van der Waals surface area contributed by atoms with Crippen molar-refractivity contribution in [3.8, 4) is 6.07 Å². The molecule has 0 radical (unpaired) electrons. The number of nitrogens with zero attached hydrogens (tertiary/aromatic N) is 1. The first kappa shape index (κ1) is 25.1. The summed E-state index contributed by atoms with van der Waals surface area (Å²) in [6.07, 6.45) is 1.01. The Morgan fingerprint density at radius 2 is 1.89 bits per heavy atom. The number of carbonyl (C=O) groups excluding carboxylic acids is 2. The molecule has 0 fully saturated rings. The Balaban J connectivity index is 1.51. The van der Waals surface area contributed by atoms with Gasteiger partial charge in [-0.15, -0.1) is 0 Å². The molecule has 0 spiro atoms. The molecule has 186 valence electrons. The molecule has 2 aliphatic rings. The fourth-order valence-electron chi connectivity index (χ4n) is 4.95. The monoisotopic (exact) mass is 530 g/mol. The lowest BCUT2D eigenvalue weighted by Gasteiger charge is -2.39. The second-order valence-electron chi connectivity index (χ2n) is 9.99. The van der Waals surface area contributed by atoms with E-state index in [4.69, 9.17) is 16.0 Å². The van der Waals surface area contributed by atoms with E-state index < -0.39 is 17.3 Å². The normalized spacial score (nSPS) is 18.9. The number of nitriles is 1. The summed E-state index contributed by atoms with van der Waals surface area (Å²) in [5.74, 6) is -1.05. The zero-order valence-electron chi connectivity index (χ0n) is 20.3. The maximum absolute atomic E-state index is 13.3. The molecule has 0 saturated carbocycles. The van der Waals surface area contributed by atoms with Gasteiger partial charge in [0.05, 0.1) is 28.3 Å². The SMILES string of the molecule is CC1(C)CC(=O)C2=C(C1)NC(SCC(=O)c1cc3ccccc3oc1=O)=C(C#N)C2c1ccc(Cl)cc1. The Bertz CT molecular complexity index is 1610. The number of nitrogens with one attached hydrogen (secondary N) is 1. The minimum absolute atomic E-state index is 0.000323. The first-order valence-corrected chi connectivity index (χ1v) is 13.1. The molecule has 1 aliphatic carbocycles. The zero-order valence-corrected chi connectivity index (χ0v) is 21.8. The molecule has 1 aliphatic heterocycles. The van der Waals surface area contributed by atoms with Crippen molar-refractivity contribution in [3.05, 3.63) is 103 Å². The second-order valence-corrected chi connectivity index (χ2v) is 11.4. The summed E-state index contributed by atoms with van der Waals surface area (Å²) in [7, 11) is 0. The predicted molar refractivity (Wildman–Crippen MR) is 144 cm³/mol. The fourth-order valence-corrected chi connectivity index (χ4v) is 6.02. The van der Waals surface area contributed by atoms with Crippen LogP contribution in [0, 0.1) is 16.7 Å². The average Bonchev–Trinajstić information content (AvgIpc) is 2.85. The van der Waals surface area contributed by atoms with E-state index >= 15 is 0 Å². The number of thioether (sulfide) groups is 1. The fraction of sp³-hybridized carbons (Fsp3) is 0.241. The number of rotatable bonds is 5. The van der Waals surface area contributed by atoms with Crippen LogP contribution in [0.1, 0.15) is 48.5 Å². The summed E-state index contributed by atoms with van der Waals surface area (Å²) in [5.41, 5.74) is 1.93. The average molecular weight is 531 g/mol. The van der Waals surface area contributed by atoms with Crippen molar-refractivity contribution in [1.82, 2.24) is 5.32 Å². The standard InChI is InChI=1S/C29H23ClN2O4S/c1-29(2)12-21-26(22(33)13-29)25(16-7-9-18(30)10-8-16)20(14-31)27(32-21)37-15-23(34)19-11-17-5-3-4-6-24(17)36-28(19)35/h3-11,25,32H,12-13,15H2,1-2H3. The van der Waals surface area contributed by atoms with E-state index in [9.17, 15) is 19.6 Å². The van der Waals surface area contributed by atoms with Crippen LogP contribution in [0.15, 0.2) is 85.7 Å². The molecule has 0 bridgehead atoms. The van der Waals surface area contributed by atoms with Crippen molar-refractivity contribution in [2.24, 2.45) is 5.41 Å². The van der Waals surface area contributed by atoms with Gasteiger partial charge in [-0.1, -0.05) is 67.5 Å². The van der Waals surface area contributed by atoms with Gasteiger partial charge in [-0.3, -0.25) is 9.59 Å². The topological polar surface area (TPSA) is 100 Å². The molecule has 1 atom stereocenters. The highest BCUT2D eigenvalue weighted by molar-refractivity contribution is 8.03. The van der Waals surface area contributed by atoms with Gasteiger partial charge in [0.2, 0.25) is 0 Å². The highest BCUT2D eigenvalue weighted by atomic mass is 35.5. The third-order valence-electron chi connectivity index (χ3n) is 6.62. The number of fused-ring (bicyclic) bond motifs is 1. The van der Waals surface area contributed by atoms with Crippen LogP contribution in [0.3, 0.4) is 0 Å². The summed E-state index contributed by atoms with van der Waals surface area (Å²) >= 11 is 7.25. The lowest BCUT2D eigenvalue weighted by Crippen LogP contribution is -2.37. The third-order valence-corrected chi connectivity index (χ3v) is 7.89. The van der Waals surface area contributed by atoms with Gasteiger partial charge in [-0.2, -0.15) is 5.26 Å². The maximum Gasteiger partial charge on any atom is 0.347 e. The molecule has 2 heterocycles. The maximum atomic E-state index is 13.3. The smallest absolute Gasteiger partial charge is 0.347 e. The van der Waals surface area contributed by atoms with Crippen LogP contribution in [0.25, 0.3) is 11.0 Å². The van der Waals surface area contributed by atoms with Crippen LogP contribution < -0.4 is 10.9 Å². The lowest BCUT2D eigenvalue weighted by molar-refractivity contribution is -0.118. The van der Waals surface area contributed by atoms with Crippen molar-refractivity contribution in [2.45, 2.75) is 32.6 Å². The number of hydrogen-bond acceptors (Lipinski definition) is 7. The van der Waals surface area contributed by atoms with Gasteiger partial charge in [0, 0.05) is 28.1 Å². The third kappa shape index (κ3) is 4.87. The van der Waals surface area contributed by atoms with E-state index in [0.29, 0.717) is 45.0 Å². The van der Waals surface area contributed by atoms with E-state index in [-0.39, 0.29) is 22.5 Å². The number of benzene rings is 2. The number of halogens is 1. The van der Waals surface area contributed by atoms with Crippen molar-refractivity contribution in [3.63, 3.8) is 0 Å². The Morgan fingerprint density at radius 3 is 2.62 bits per heavy atom. The van der Waals surface area contributed by atoms with E-state index in [0.717, 1.165) is 23.0 Å². The van der Waals surface area contributed by atoms with Gasteiger partial charge in [0.15, 0.2) is 11.6 Å². The molecule has 2 aromatic carbocycles. The van der Waals surface area contributed by atoms with Crippen LogP contribution in [-0.4, -0.2) is 17.3 Å².